The third-order valence-electron chi connectivity index (χ3n) is 3.44. The van der Waals surface area contributed by atoms with Crippen LogP contribution in [-0.2, 0) is 4.79 Å². The van der Waals surface area contributed by atoms with Gasteiger partial charge in [-0.05, 0) is 23.6 Å². The van der Waals surface area contributed by atoms with Crippen LogP contribution in [0.3, 0.4) is 0 Å². The van der Waals surface area contributed by atoms with Crippen molar-refractivity contribution in [3.8, 4) is 0 Å². The van der Waals surface area contributed by atoms with Gasteiger partial charge < -0.3 is 10.4 Å². The summed E-state index contributed by atoms with van der Waals surface area (Å²) < 4.78 is 13.0. The summed E-state index contributed by atoms with van der Waals surface area (Å²) in [6.07, 6.45) is -0.623. The zero-order chi connectivity index (χ0) is 18.1. The molecule has 0 radical (unpaired) electrons. The highest BCUT2D eigenvalue weighted by Gasteiger charge is 2.16. The van der Waals surface area contributed by atoms with Gasteiger partial charge in [-0.15, -0.1) is 0 Å². The molecule has 0 aliphatic carbocycles. The van der Waals surface area contributed by atoms with Crippen molar-refractivity contribution in [3.05, 3.63) is 35.6 Å². The Morgan fingerprint density at radius 2 is 1.83 bits per heavy atom. The van der Waals surface area contributed by atoms with Crippen LogP contribution in [0.1, 0.15) is 31.9 Å². The summed E-state index contributed by atoms with van der Waals surface area (Å²) in [5.41, 5.74) is 0.625. The standard InChI is InChI=1S/C17H26FN3O3/c1-12(2)10-21(9-8-16(23)20-17(24)19-3)11-15(22)13-4-6-14(18)7-5-13/h4-7,12,15,22H,8-11H2,1-3H3,(H2,19,20,23,24)/t15-/m0/s1. The molecule has 0 fully saturated rings. The topological polar surface area (TPSA) is 81.7 Å². The maximum absolute atomic E-state index is 13.0. The molecule has 24 heavy (non-hydrogen) atoms. The number of nitrogens with zero attached hydrogens (tertiary/aromatic N) is 1. The van der Waals surface area contributed by atoms with Crippen molar-refractivity contribution in [1.82, 2.24) is 15.5 Å². The summed E-state index contributed by atoms with van der Waals surface area (Å²) in [7, 11) is 1.44. The maximum Gasteiger partial charge on any atom is 0.321 e. The Kier molecular flexibility index (Phi) is 8.35. The second-order valence-corrected chi connectivity index (χ2v) is 6.10. The molecule has 1 atom stereocenters. The molecular weight excluding hydrogens is 313 g/mol. The monoisotopic (exact) mass is 339 g/mol. The number of urea groups is 1. The molecule has 1 aromatic rings. The summed E-state index contributed by atoms with van der Waals surface area (Å²) in [6, 6.07) is 5.17. The Labute approximate surface area is 142 Å². The molecule has 3 amide bonds. The lowest BCUT2D eigenvalue weighted by Gasteiger charge is -2.26. The first-order valence-corrected chi connectivity index (χ1v) is 7.99. The van der Waals surface area contributed by atoms with Gasteiger partial charge >= 0.3 is 6.03 Å². The molecule has 0 unspecified atom stereocenters. The van der Waals surface area contributed by atoms with Gasteiger partial charge in [0.1, 0.15) is 5.82 Å². The van der Waals surface area contributed by atoms with Crippen LogP contribution in [0.15, 0.2) is 24.3 Å². The highest BCUT2D eigenvalue weighted by Crippen LogP contribution is 2.16. The molecule has 0 aliphatic rings. The van der Waals surface area contributed by atoms with E-state index in [1.165, 1.54) is 19.2 Å². The molecule has 0 saturated carbocycles. The quantitative estimate of drug-likeness (QED) is 0.673. The van der Waals surface area contributed by atoms with E-state index in [0.29, 0.717) is 31.1 Å². The number of aliphatic hydroxyl groups excluding tert-OH is 1. The average Bonchev–Trinajstić information content (AvgIpc) is 2.52. The number of benzene rings is 1. The first kappa shape index (κ1) is 20.1. The van der Waals surface area contributed by atoms with Crippen LogP contribution in [0.5, 0.6) is 0 Å². The Morgan fingerprint density at radius 1 is 1.21 bits per heavy atom. The number of nitrogens with one attached hydrogen (secondary N) is 2. The third-order valence-corrected chi connectivity index (χ3v) is 3.44. The summed E-state index contributed by atoms with van der Waals surface area (Å²) in [5.74, 6) is -0.373. The zero-order valence-corrected chi connectivity index (χ0v) is 14.4. The van der Waals surface area contributed by atoms with E-state index in [9.17, 15) is 19.1 Å². The van der Waals surface area contributed by atoms with Crippen molar-refractivity contribution >= 4 is 11.9 Å². The molecule has 6 nitrogen and oxygen atoms in total. The molecule has 3 N–H and O–H groups in total. The van der Waals surface area contributed by atoms with Crippen molar-refractivity contribution in [2.45, 2.75) is 26.4 Å². The number of imide groups is 1. The minimum Gasteiger partial charge on any atom is -0.387 e. The van der Waals surface area contributed by atoms with Gasteiger partial charge in [-0.25, -0.2) is 9.18 Å². The van der Waals surface area contributed by atoms with Crippen molar-refractivity contribution in [2.24, 2.45) is 5.92 Å². The van der Waals surface area contributed by atoms with Crippen molar-refractivity contribution in [3.63, 3.8) is 0 Å². The Bertz CT molecular complexity index is 534. The zero-order valence-electron chi connectivity index (χ0n) is 14.4. The lowest BCUT2D eigenvalue weighted by atomic mass is 10.1. The maximum atomic E-state index is 13.0. The molecule has 0 bridgehead atoms. The van der Waals surface area contributed by atoms with Crippen LogP contribution >= 0.6 is 0 Å². The van der Waals surface area contributed by atoms with Crippen LogP contribution in [0, 0.1) is 11.7 Å². The highest BCUT2D eigenvalue weighted by atomic mass is 19.1. The first-order valence-electron chi connectivity index (χ1n) is 7.99. The number of carbonyl (C=O) groups excluding carboxylic acids is 2. The second-order valence-electron chi connectivity index (χ2n) is 6.10. The van der Waals surface area contributed by atoms with Gasteiger partial charge in [0.2, 0.25) is 5.91 Å². The average molecular weight is 339 g/mol. The van der Waals surface area contributed by atoms with Crippen LogP contribution < -0.4 is 10.6 Å². The SMILES string of the molecule is CNC(=O)NC(=O)CCN(CC(C)C)C[C@H](O)c1ccc(F)cc1. The number of amides is 3. The predicted molar refractivity (Wildman–Crippen MR) is 89.9 cm³/mol. The number of hydrogen-bond donors (Lipinski definition) is 3. The van der Waals surface area contributed by atoms with E-state index in [1.54, 1.807) is 12.1 Å². The number of aliphatic hydroxyl groups is 1. The molecule has 0 spiro atoms. The largest absolute Gasteiger partial charge is 0.387 e. The van der Waals surface area contributed by atoms with Crippen LogP contribution in [0.25, 0.3) is 0 Å². The van der Waals surface area contributed by atoms with Crippen LogP contribution in [-0.4, -0.2) is 48.6 Å². The number of carbonyl (C=O) groups is 2. The Balaban J connectivity index is 2.59. The van der Waals surface area contributed by atoms with E-state index < -0.39 is 12.1 Å². The van der Waals surface area contributed by atoms with E-state index in [4.69, 9.17) is 0 Å². The summed E-state index contributed by atoms with van der Waals surface area (Å²) in [5, 5.41) is 14.8. The highest BCUT2D eigenvalue weighted by molar-refractivity contribution is 5.94. The second kappa shape index (κ2) is 10.00. The van der Waals surface area contributed by atoms with Crippen LogP contribution in [0.2, 0.25) is 0 Å². The lowest BCUT2D eigenvalue weighted by Crippen LogP contribution is -2.40. The fraction of sp³-hybridized carbons (Fsp3) is 0.529. The Morgan fingerprint density at radius 3 is 2.38 bits per heavy atom. The van der Waals surface area contributed by atoms with E-state index >= 15 is 0 Å². The van der Waals surface area contributed by atoms with Gasteiger partial charge in [0.15, 0.2) is 0 Å². The minimum atomic E-state index is -0.772. The molecule has 7 heteroatoms. The third kappa shape index (κ3) is 7.52. The van der Waals surface area contributed by atoms with Crippen LogP contribution in [0.4, 0.5) is 9.18 Å². The van der Waals surface area contributed by atoms with Gasteiger partial charge in [-0.1, -0.05) is 26.0 Å². The molecule has 1 rings (SSSR count). The van der Waals surface area contributed by atoms with Crippen molar-refractivity contribution in [1.29, 1.82) is 0 Å². The van der Waals surface area contributed by atoms with E-state index in [1.807, 2.05) is 18.7 Å². The summed E-state index contributed by atoms with van der Waals surface area (Å²) in [4.78, 5) is 24.8. The summed E-state index contributed by atoms with van der Waals surface area (Å²) >= 11 is 0. The molecule has 0 aromatic heterocycles. The molecular formula is C17H26FN3O3. The van der Waals surface area contributed by atoms with E-state index in [2.05, 4.69) is 10.6 Å². The first-order chi connectivity index (χ1) is 11.3. The van der Waals surface area contributed by atoms with Gasteiger partial charge in [-0.2, -0.15) is 0 Å². The van der Waals surface area contributed by atoms with Gasteiger partial charge in [0.25, 0.3) is 0 Å². The van der Waals surface area contributed by atoms with Crippen molar-refractivity contribution in [2.75, 3.05) is 26.7 Å². The molecule has 134 valence electrons. The molecule has 1 aromatic carbocycles. The van der Waals surface area contributed by atoms with Gasteiger partial charge in [0, 0.05) is 33.1 Å². The van der Waals surface area contributed by atoms with Gasteiger partial charge in [-0.3, -0.25) is 15.0 Å². The summed E-state index contributed by atoms with van der Waals surface area (Å²) in [6.45, 7) is 5.53. The predicted octanol–water partition coefficient (Wildman–Crippen LogP) is 1.66. The van der Waals surface area contributed by atoms with Crippen molar-refractivity contribution < 1.29 is 19.1 Å². The molecule has 0 aliphatic heterocycles. The lowest BCUT2D eigenvalue weighted by molar-refractivity contribution is -0.120. The smallest absolute Gasteiger partial charge is 0.321 e. The van der Waals surface area contributed by atoms with Gasteiger partial charge in [0.05, 0.1) is 6.10 Å². The fourth-order valence-electron chi connectivity index (χ4n) is 2.32. The normalized spacial score (nSPS) is 12.3. The number of halogens is 1. The van der Waals surface area contributed by atoms with E-state index in [0.717, 1.165) is 0 Å². The molecule has 0 heterocycles. The number of rotatable bonds is 8. The van der Waals surface area contributed by atoms with E-state index in [-0.39, 0.29) is 18.1 Å². The number of hydrogen-bond acceptors (Lipinski definition) is 4. The molecule has 0 saturated heterocycles. The minimum absolute atomic E-state index is 0.149. The Hall–Kier alpha value is -1.99. The fourth-order valence-corrected chi connectivity index (χ4v) is 2.32.